The lowest BCUT2D eigenvalue weighted by molar-refractivity contribution is 0.222. The first-order valence-corrected chi connectivity index (χ1v) is 7.75. The molecule has 3 rings (SSSR count). The maximum Gasteiger partial charge on any atom is 0.187 e. The second-order valence-corrected chi connectivity index (χ2v) is 5.85. The van der Waals surface area contributed by atoms with E-state index in [0.29, 0.717) is 22.3 Å². The minimum Gasteiger partial charge on any atom is -0.452 e. The standard InChI is InChI=1S/C16H18ClN3O2/c17-12-4-6-13(7-5-12)22-15-8-18-10-19-16(15)20-14-3-1-2-11(14)9-21/h4-8,10-11,14,21H,1-3,9H2,(H,18,19,20). The molecular weight excluding hydrogens is 302 g/mol. The lowest BCUT2D eigenvalue weighted by atomic mass is 10.1. The quantitative estimate of drug-likeness (QED) is 0.883. The fourth-order valence-electron chi connectivity index (χ4n) is 2.75. The fraction of sp³-hybridized carbons (Fsp3) is 0.375. The molecule has 2 unspecified atom stereocenters. The smallest absolute Gasteiger partial charge is 0.187 e. The van der Waals surface area contributed by atoms with Crippen LogP contribution >= 0.6 is 11.6 Å². The summed E-state index contributed by atoms with van der Waals surface area (Å²) in [5.74, 6) is 2.15. The predicted octanol–water partition coefficient (Wildman–Crippen LogP) is 3.50. The van der Waals surface area contributed by atoms with Gasteiger partial charge in [0.25, 0.3) is 0 Å². The molecule has 116 valence electrons. The van der Waals surface area contributed by atoms with E-state index in [1.165, 1.54) is 6.33 Å². The van der Waals surface area contributed by atoms with Gasteiger partial charge in [-0.05, 0) is 37.1 Å². The Labute approximate surface area is 134 Å². The molecule has 0 bridgehead atoms. The molecule has 22 heavy (non-hydrogen) atoms. The highest BCUT2D eigenvalue weighted by Gasteiger charge is 2.27. The van der Waals surface area contributed by atoms with E-state index in [0.717, 1.165) is 19.3 Å². The normalized spacial score (nSPS) is 20.8. The van der Waals surface area contributed by atoms with Gasteiger partial charge < -0.3 is 15.2 Å². The van der Waals surface area contributed by atoms with Gasteiger partial charge in [-0.2, -0.15) is 0 Å². The zero-order valence-corrected chi connectivity index (χ0v) is 12.8. The van der Waals surface area contributed by atoms with Gasteiger partial charge in [-0.3, -0.25) is 0 Å². The summed E-state index contributed by atoms with van der Waals surface area (Å²) in [6.45, 7) is 0.191. The minimum atomic E-state index is 0.191. The summed E-state index contributed by atoms with van der Waals surface area (Å²) >= 11 is 5.88. The number of aliphatic hydroxyl groups excluding tert-OH is 1. The fourth-order valence-corrected chi connectivity index (χ4v) is 2.88. The molecule has 1 heterocycles. The third-order valence-electron chi connectivity index (χ3n) is 3.94. The largest absolute Gasteiger partial charge is 0.452 e. The van der Waals surface area contributed by atoms with Crippen molar-refractivity contribution in [2.24, 2.45) is 5.92 Å². The summed E-state index contributed by atoms with van der Waals surface area (Å²) in [6, 6.07) is 7.35. The van der Waals surface area contributed by atoms with Gasteiger partial charge in [-0.25, -0.2) is 9.97 Å². The van der Waals surface area contributed by atoms with Crippen LogP contribution in [0.4, 0.5) is 5.82 Å². The van der Waals surface area contributed by atoms with Crippen molar-refractivity contribution in [3.05, 3.63) is 41.8 Å². The van der Waals surface area contributed by atoms with Gasteiger partial charge in [0, 0.05) is 23.6 Å². The van der Waals surface area contributed by atoms with Crippen LogP contribution in [0.2, 0.25) is 5.02 Å². The van der Waals surface area contributed by atoms with Crippen molar-refractivity contribution < 1.29 is 9.84 Å². The van der Waals surface area contributed by atoms with E-state index in [9.17, 15) is 5.11 Å². The number of ether oxygens (including phenoxy) is 1. The molecule has 1 aromatic carbocycles. The Hall–Kier alpha value is -1.85. The summed E-state index contributed by atoms with van der Waals surface area (Å²) < 4.78 is 5.84. The minimum absolute atomic E-state index is 0.191. The third kappa shape index (κ3) is 3.48. The number of rotatable bonds is 5. The number of hydrogen-bond acceptors (Lipinski definition) is 5. The van der Waals surface area contributed by atoms with Gasteiger partial charge in [-0.1, -0.05) is 18.0 Å². The zero-order valence-electron chi connectivity index (χ0n) is 12.1. The van der Waals surface area contributed by atoms with Crippen molar-refractivity contribution in [2.45, 2.75) is 25.3 Å². The molecule has 6 heteroatoms. The molecule has 2 atom stereocenters. The zero-order chi connectivity index (χ0) is 15.4. The van der Waals surface area contributed by atoms with Gasteiger partial charge in [0.2, 0.25) is 0 Å². The Balaban J connectivity index is 1.76. The maximum atomic E-state index is 9.43. The van der Waals surface area contributed by atoms with Crippen LogP contribution in [0.5, 0.6) is 11.5 Å². The van der Waals surface area contributed by atoms with Crippen molar-refractivity contribution in [3.63, 3.8) is 0 Å². The predicted molar refractivity (Wildman–Crippen MR) is 85.4 cm³/mol. The van der Waals surface area contributed by atoms with E-state index in [4.69, 9.17) is 16.3 Å². The summed E-state index contributed by atoms with van der Waals surface area (Å²) in [7, 11) is 0. The second-order valence-electron chi connectivity index (χ2n) is 5.42. The van der Waals surface area contributed by atoms with E-state index < -0.39 is 0 Å². The first-order chi connectivity index (χ1) is 10.8. The summed E-state index contributed by atoms with van der Waals surface area (Å²) in [5, 5.41) is 13.5. The van der Waals surface area contributed by atoms with Crippen molar-refractivity contribution in [3.8, 4) is 11.5 Å². The van der Waals surface area contributed by atoms with Crippen LogP contribution in [0.1, 0.15) is 19.3 Å². The summed E-state index contributed by atoms with van der Waals surface area (Å²) in [6.07, 6.45) is 6.29. The molecule has 0 saturated heterocycles. The lowest BCUT2D eigenvalue weighted by Crippen LogP contribution is -2.27. The van der Waals surface area contributed by atoms with Gasteiger partial charge in [-0.15, -0.1) is 0 Å². The maximum absolute atomic E-state index is 9.43. The number of nitrogens with one attached hydrogen (secondary N) is 1. The van der Waals surface area contributed by atoms with Crippen LogP contribution in [0.3, 0.4) is 0 Å². The first kappa shape index (κ1) is 15.1. The summed E-state index contributed by atoms with van der Waals surface area (Å²) in [4.78, 5) is 8.29. The Kier molecular flexibility index (Phi) is 4.75. The van der Waals surface area contributed by atoms with Crippen molar-refractivity contribution >= 4 is 17.4 Å². The number of hydrogen-bond donors (Lipinski definition) is 2. The lowest BCUT2D eigenvalue weighted by Gasteiger charge is -2.20. The van der Waals surface area contributed by atoms with Crippen molar-refractivity contribution in [1.29, 1.82) is 0 Å². The van der Waals surface area contributed by atoms with Crippen LogP contribution < -0.4 is 10.1 Å². The number of halogens is 1. The molecule has 0 amide bonds. The molecule has 0 aliphatic heterocycles. The van der Waals surface area contributed by atoms with Crippen LogP contribution in [0, 0.1) is 5.92 Å². The van der Waals surface area contributed by atoms with Crippen LogP contribution in [0.25, 0.3) is 0 Å². The molecule has 0 spiro atoms. The van der Waals surface area contributed by atoms with E-state index in [1.54, 1.807) is 30.5 Å². The number of anilines is 1. The number of benzene rings is 1. The molecule has 1 fully saturated rings. The monoisotopic (exact) mass is 319 g/mol. The molecular formula is C16H18ClN3O2. The number of aliphatic hydroxyl groups is 1. The molecule has 2 N–H and O–H groups in total. The van der Waals surface area contributed by atoms with Gasteiger partial charge in [0.15, 0.2) is 11.6 Å². The molecule has 1 saturated carbocycles. The highest BCUT2D eigenvalue weighted by Crippen LogP contribution is 2.32. The molecule has 5 nitrogen and oxygen atoms in total. The van der Waals surface area contributed by atoms with E-state index >= 15 is 0 Å². The van der Waals surface area contributed by atoms with E-state index in [1.807, 2.05) is 0 Å². The Bertz CT molecular complexity index is 621. The molecule has 1 aliphatic carbocycles. The van der Waals surface area contributed by atoms with Gasteiger partial charge in [0.05, 0.1) is 6.20 Å². The van der Waals surface area contributed by atoms with Crippen molar-refractivity contribution in [1.82, 2.24) is 9.97 Å². The SMILES string of the molecule is OCC1CCCC1Nc1ncncc1Oc1ccc(Cl)cc1. The average molecular weight is 320 g/mol. The number of aromatic nitrogens is 2. The van der Waals surface area contributed by atoms with Gasteiger partial charge >= 0.3 is 0 Å². The topological polar surface area (TPSA) is 67.3 Å². The van der Waals surface area contributed by atoms with E-state index in [2.05, 4.69) is 15.3 Å². The first-order valence-electron chi connectivity index (χ1n) is 7.37. The second kappa shape index (κ2) is 6.94. The van der Waals surface area contributed by atoms with E-state index in [-0.39, 0.29) is 18.6 Å². The highest BCUT2D eigenvalue weighted by molar-refractivity contribution is 6.30. The Morgan fingerprint density at radius 1 is 1.27 bits per heavy atom. The molecule has 1 aromatic heterocycles. The Morgan fingerprint density at radius 3 is 2.86 bits per heavy atom. The van der Waals surface area contributed by atoms with Crippen molar-refractivity contribution in [2.75, 3.05) is 11.9 Å². The molecule has 0 radical (unpaired) electrons. The van der Waals surface area contributed by atoms with Crippen LogP contribution in [-0.4, -0.2) is 27.7 Å². The number of nitrogens with zero attached hydrogens (tertiary/aromatic N) is 2. The average Bonchev–Trinajstić information content (AvgIpc) is 2.99. The highest BCUT2D eigenvalue weighted by atomic mass is 35.5. The third-order valence-corrected chi connectivity index (χ3v) is 4.19. The van der Waals surface area contributed by atoms with Crippen LogP contribution in [0.15, 0.2) is 36.8 Å². The van der Waals surface area contributed by atoms with Gasteiger partial charge in [0.1, 0.15) is 12.1 Å². The Morgan fingerprint density at radius 2 is 2.09 bits per heavy atom. The molecule has 2 aromatic rings. The summed E-state index contributed by atoms with van der Waals surface area (Å²) in [5.41, 5.74) is 0. The van der Waals surface area contributed by atoms with Crippen LogP contribution in [-0.2, 0) is 0 Å². The molecule has 1 aliphatic rings.